The molecule has 2 nitrogen and oxygen atoms in total. The van der Waals surface area contributed by atoms with Crippen molar-refractivity contribution < 1.29 is 0 Å². The molecule has 1 aromatic carbocycles. The topological polar surface area (TPSA) is 38.0 Å². The molecule has 1 rings (SSSR count). The molecule has 0 aliphatic heterocycles. The smallest absolute Gasteiger partial charge is 0.168 e. The van der Waals surface area contributed by atoms with Crippen molar-refractivity contribution in [2.24, 2.45) is 5.73 Å². The molecule has 0 radical (unpaired) electrons. The fourth-order valence-corrected chi connectivity index (χ4v) is 1.58. The number of para-hydroxylation sites is 1. The zero-order valence-corrected chi connectivity index (χ0v) is 9.00. The van der Waals surface area contributed by atoms with Crippen LogP contribution in [0.3, 0.4) is 0 Å². The molecule has 0 bridgehead atoms. The molecule has 3 N–H and O–H groups in total. The van der Waals surface area contributed by atoms with Gasteiger partial charge in [-0.1, -0.05) is 12.1 Å². The monoisotopic (exact) mass is 244 g/mol. The van der Waals surface area contributed by atoms with Crippen molar-refractivity contribution in [1.82, 2.24) is 0 Å². The van der Waals surface area contributed by atoms with E-state index in [2.05, 4.69) is 21.2 Å². The fraction of sp³-hybridized carbons (Fsp3) is 0.125. The van der Waals surface area contributed by atoms with E-state index in [1.165, 1.54) is 0 Å². The second-order valence-corrected chi connectivity index (χ2v) is 3.72. The Bertz CT molecular complexity index is 292. The standard InChI is InChI=1S/C8H9BrN2S/c1-5-3-2-4-6(9)7(5)11-8(10)12/h2-4H,1H3,(H3,10,11,12). The van der Waals surface area contributed by atoms with Crippen LogP contribution in [0.2, 0.25) is 0 Å². The number of nitrogens with one attached hydrogen (secondary N) is 1. The highest BCUT2D eigenvalue weighted by Crippen LogP contribution is 2.25. The fourth-order valence-electron chi connectivity index (χ4n) is 0.913. The van der Waals surface area contributed by atoms with E-state index in [4.69, 9.17) is 18.0 Å². The molecule has 0 aliphatic rings. The Hall–Kier alpha value is -0.610. The van der Waals surface area contributed by atoms with E-state index >= 15 is 0 Å². The van der Waals surface area contributed by atoms with E-state index in [9.17, 15) is 0 Å². The van der Waals surface area contributed by atoms with Gasteiger partial charge in [0.25, 0.3) is 0 Å². The van der Waals surface area contributed by atoms with Gasteiger partial charge in [0.05, 0.1) is 5.69 Å². The lowest BCUT2D eigenvalue weighted by Crippen LogP contribution is -2.19. The van der Waals surface area contributed by atoms with Gasteiger partial charge in [0.2, 0.25) is 0 Å². The van der Waals surface area contributed by atoms with Gasteiger partial charge in [-0.2, -0.15) is 0 Å². The maximum atomic E-state index is 5.36. The molecular weight excluding hydrogens is 236 g/mol. The van der Waals surface area contributed by atoms with Gasteiger partial charge in [-0.3, -0.25) is 0 Å². The number of hydrogen-bond donors (Lipinski definition) is 2. The molecule has 0 atom stereocenters. The zero-order chi connectivity index (χ0) is 9.14. The van der Waals surface area contributed by atoms with E-state index < -0.39 is 0 Å². The first-order valence-corrected chi connectivity index (χ1v) is 4.63. The highest BCUT2D eigenvalue weighted by Gasteiger charge is 2.02. The first kappa shape index (κ1) is 9.48. The summed E-state index contributed by atoms with van der Waals surface area (Å²) in [5.41, 5.74) is 7.41. The number of nitrogens with two attached hydrogens (primary N) is 1. The number of aryl methyl sites for hydroxylation is 1. The summed E-state index contributed by atoms with van der Waals surface area (Å²) in [6.07, 6.45) is 0. The molecule has 0 spiro atoms. The number of halogens is 1. The Labute approximate surface area is 85.3 Å². The summed E-state index contributed by atoms with van der Waals surface area (Å²) in [5, 5.41) is 3.19. The number of benzene rings is 1. The molecule has 0 saturated carbocycles. The van der Waals surface area contributed by atoms with Crippen LogP contribution in [0.1, 0.15) is 5.56 Å². The Balaban J connectivity index is 3.04. The van der Waals surface area contributed by atoms with E-state index in [0.29, 0.717) is 0 Å². The Morgan fingerprint density at radius 3 is 2.75 bits per heavy atom. The summed E-state index contributed by atoms with van der Waals surface area (Å²) in [4.78, 5) is 0. The van der Waals surface area contributed by atoms with Crippen LogP contribution < -0.4 is 11.1 Å². The molecule has 0 unspecified atom stereocenters. The van der Waals surface area contributed by atoms with Crippen molar-refractivity contribution in [3.63, 3.8) is 0 Å². The average Bonchev–Trinajstić information content (AvgIpc) is 1.97. The van der Waals surface area contributed by atoms with Crippen molar-refractivity contribution >= 4 is 38.9 Å². The van der Waals surface area contributed by atoms with Crippen molar-refractivity contribution in [3.05, 3.63) is 28.2 Å². The third-order valence-electron chi connectivity index (χ3n) is 1.47. The lowest BCUT2D eigenvalue weighted by molar-refractivity contribution is 1.43. The van der Waals surface area contributed by atoms with Crippen LogP contribution in [0.25, 0.3) is 0 Å². The second-order valence-electron chi connectivity index (χ2n) is 2.42. The summed E-state index contributed by atoms with van der Waals surface area (Å²) in [7, 11) is 0. The van der Waals surface area contributed by atoms with E-state index in [1.54, 1.807) is 0 Å². The Morgan fingerprint density at radius 2 is 2.25 bits per heavy atom. The average molecular weight is 245 g/mol. The lowest BCUT2D eigenvalue weighted by Gasteiger charge is -2.08. The van der Waals surface area contributed by atoms with Crippen LogP contribution in [0.5, 0.6) is 0 Å². The molecule has 0 amide bonds. The van der Waals surface area contributed by atoms with Crippen molar-refractivity contribution in [1.29, 1.82) is 0 Å². The summed E-state index contributed by atoms with van der Waals surface area (Å²) in [6, 6.07) is 5.89. The normalized spacial score (nSPS) is 9.50. The number of thiocarbonyl (C=S) groups is 1. The van der Waals surface area contributed by atoms with Crippen LogP contribution >= 0.6 is 28.1 Å². The van der Waals surface area contributed by atoms with Crippen molar-refractivity contribution in [2.75, 3.05) is 5.32 Å². The van der Waals surface area contributed by atoms with Crippen LogP contribution in [0.4, 0.5) is 5.69 Å². The summed E-state index contributed by atoms with van der Waals surface area (Å²) < 4.78 is 0.968. The van der Waals surface area contributed by atoms with Gasteiger partial charge < -0.3 is 11.1 Å². The minimum Gasteiger partial charge on any atom is -0.376 e. The predicted molar refractivity (Wildman–Crippen MR) is 59.3 cm³/mol. The maximum Gasteiger partial charge on any atom is 0.168 e. The molecule has 0 saturated heterocycles. The maximum absolute atomic E-state index is 5.36. The van der Waals surface area contributed by atoms with Gasteiger partial charge in [0.15, 0.2) is 5.11 Å². The van der Waals surface area contributed by atoms with Crippen LogP contribution in [-0.4, -0.2) is 5.11 Å². The van der Waals surface area contributed by atoms with Crippen molar-refractivity contribution in [3.8, 4) is 0 Å². The van der Waals surface area contributed by atoms with Crippen LogP contribution in [-0.2, 0) is 0 Å². The summed E-state index contributed by atoms with van der Waals surface area (Å²) in [5.74, 6) is 0. The Morgan fingerprint density at radius 1 is 1.58 bits per heavy atom. The molecule has 0 fully saturated rings. The van der Waals surface area contributed by atoms with E-state index in [0.717, 1.165) is 15.7 Å². The third-order valence-corrected chi connectivity index (χ3v) is 2.23. The molecule has 4 heteroatoms. The second kappa shape index (κ2) is 3.87. The zero-order valence-electron chi connectivity index (χ0n) is 6.60. The highest BCUT2D eigenvalue weighted by molar-refractivity contribution is 9.10. The van der Waals surface area contributed by atoms with Crippen LogP contribution in [0, 0.1) is 6.92 Å². The molecule has 1 aromatic rings. The number of anilines is 1. The third kappa shape index (κ3) is 2.19. The van der Waals surface area contributed by atoms with Gasteiger partial charge in [-0.25, -0.2) is 0 Å². The molecule has 64 valence electrons. The van der Waals surface area contributed by atoms with Gasteiger partial charge in [0, 0.05) is 4.47 Å². The first-order valence-electron chi connectivity index (χ1n) is 3.43. The molecule has 0 heterocycles. The molecule has 12 heavy (non-hydrogen) atoms. The van der Waals surface area contributed by atoms with Gasteiger partial charge in [0.1, 0.15) is 0 Å². The highest BCUT2D eigenvalue weighted by atomic mass is 79.9. The SMILES string of the molecule is Cc1cccc(Br)c1NC(N)=S. The van der Waals surface area contributed by atoms with Crippen molar-refractivity contribution in [2.45, 2.75) is 6.92 Å². The summed E-state index contributed by atoms with van der Waals surface area (Å²) in [6.45, 7) is 1.99. The largest absolute Gasteiger partial charge is 0.376 e. The molecule has 0 aromatic heterocycles. The predicted octanol–water partition coefficient (Wildman–Crippen LogP) is 2.41. The minimum atomic E-state index is 0.282. The quantitative estimate of drug-likeness (QED) is 0.746. The van der Waals surface area contributed by atoms with Gasteiger partial charge in [-0.15, -0.1) is 0 Å². The van der Waals surface area contributed by atoms with Crippen LogP contribution in [0.15, 0.2) is 22.7 Å². The summed E-state index contributed by atoms with van der Waals surface area (Å²) >= 11 is 8.14. The molecule has 0 aliphatic carbocycles. The van der Waals surface area contributed by atoms with Gasteiger partial charge >= 0.3 is 0 Å². The van der Waals surface area contributed by atoms with E-state index in [1.807, 2.05) is 25.1 Å². The molecular formula is C8H9BrN2S. The number of hydrogen-bond acceptors (Lipinski definition) is 1. The Kier molecular flexibility index (Phi) is 3.05. The lowest BCUT2D eigenvalue weighted by atomic mass is 10.2. The van der Waals surface area contributed by atoms with Gasteiger partial charge in [-0.05, 0) is 46.7 Å². The first-order chi connectivity index (χ1) is 5.61. The minimum absolute atomic E-state index is 0.282. The van der Waals surface area contributed by atoms with E-state index in [-0.39, 0.29) is 5.11 Å². The number of rotatable bonds is 1.